The number of rotatable bonds is 6. The zero-order chi connectivity index (χ0) is 14.5. The molecule has 0 bridgehead atoms. The summed E-state index contributed by atoms with van der Waals surface area (Å²) in [5.41, 5.74) is 1.49. The molecule has 0 aliphatic heterocycles. The number of aromatic nitrogens is 6. The quantitative estimate of drug-likeness (QED) is 0.711. The van der Waals surface area contributed by atoms with Crippen molar-refractivity contribution in [1.29, 1.82) is 0 Å². The van der Waals surface area contributed by atoms with Crippen LogP contribution in [0.5, 0.6) is 0 Å². The van der Waals surface area contributed by atoms with Crippen LogP contribution in [0, 0.1) is 0 Å². The Morgan fingerprint density at radius 3 is 3.05 bits per heavy atom. The lowest BCUT2D eigenvalue weighted by molar-refractivity contribution is 0.288. The van der Waals surface area contributed by atoms with Crippen LogP contribution in [0.2, 0.25) is 0 Å². The smallest absolute Gasteiger partial charge is 0.248 e. The topological polar surface area (TPSA) is 103 Å². The highest BCUT2D eigenvalue weighted by Crippen LogP contribution is 2.12. The van der Waals surface area contributed by atoms with Crippen molar-refractivity contribution in [3.63, 3.8) is 0 Å². The molecular weight excluding hydrogens is 272 g/mol. The highest BCUT2D eigenvalue weighted by molar-refractivity contribution is 5.46. The van der Waals surface area contributed by atoms with Crippen molar-refractivity contribution in [3.8, 4) is 11.5 Å². The summed E-state index contributed by atoms with van der Waals surface area (Å²) in [6.45, 7) is 0.496. The SMILES string of the molecule is OCCCc1cn(Cc2nc(-c3ccccn3)no2)nn1. The van der Waals surface area contributed by atoms with E-state index in [1.54, 1.807) is 17.1 Å². The van der Waals surface area contributed by atoms with E-state index in [2.05, 4.69) is 25.4 Å². The van der Waals surface area contributed by atoms with Gasteiger partial charge in [0.05, 0.1) is 5.69 Å². The molecule has 0 aliphatic rings. The van der Waals surface area contributed by atoms with Gasteiger partial charge in [-0.1, -0.05) is 16.4 Å². The minimum Gasteiger partial charge on any atom is -0.396 e. The van der Waals surface area contributed by atoms with E-state index >= 15 is 0 Å². The Balaban J connectivity index is 1.68. The van der Waals surface area contributed by atoms with Crippen molar-refractivity contribution in [3.05, 3.63) is 42.2 Å². The van der Waals surface area contributed by atoms with Crippen LogP contribution in [0.1, 0.15) is 18.0 Å². The predicted octanol–water partition coefficient (Wildman–Crippen LogP) is 0.696. The van der Waals surface area contributed by atoms with Crippen LogP contribution < -0.4 is 0 Å². The van der Waals surface area contributed by atoms with Crippen molar-refractivity contribution in [2.75, 3.05) is 6.61 Å². The van der Waals surface area contributed by atoms with E-state index in [0.717, 1.165) is 5.69 Å². The minimum atomic E-state index is 0.143. The summed E-state index contributed by atoms with van der Waals surface area (Å²) in [6, 6.07) is 5.51. The molecule has 21 heavy (non-hydrogen) atoms. The molecule has 3 heterocycles. The van der Waals surface area contributed by atoms with Crippen molar-refractivity contribution < 1.29 is 9.63 Å². The Hall–Kier alpha value is -2.61. The Labute approximate surface area is 120 Å². The molecule has 0 saturated heterocycles. The average Bonchev–Trinajstić information content (AvgIpc) is 3.16. The van der Waals surface area contributed by atoms with Gasteiger partial charge in [0, 0.05) is 19.0 Å². The number of aliphatic hydroxyl groups is 1. The van der Waals surface area contributed by atoms with Crippen LogP contribution in [0.3, 0.4) is 0 Å². The van der Waals surface area contributed by atoms with Gasteiger partial charge in [-0.05, 0) is 25.0 Å². The van der Waals surface area contributed by atoms with Crippen LogP contribution in [0.25, 0.3) is 11.5 Å². The van der Waals surface area contributed by atoms with Gasteiger partial charge in [-0.15, -0.1) is 5.10 Å². The standard InChI is InChI=1S/C13H14N6O2/c20-7-3-4-10-8-19(18-16-10)9-12-15-13(17-21-12)11-5-1-2-6-14-11/h1-2,5-6,8,20H,3-4,7,9H2. The van der Waals surface area contributed by atoms with Crippen molar-refractivity contribution in [2.45, 2.75) is 19.4 Å². The first-order valence-electron chi connectivity index (χ1n) is 6.59. The van der Waals surface area contributed by atoms with Gasteiger partial charge in [0.15, 0.2) is 0 Å². The molecule has 3 aromatic rings. The summed E-state index contributed by atoms with van der Waals surface area (Å²) in [4.78, 5) is 8.44. The fraction of sp³-hybridized carbons (Fsp3) is 0.308. The minimum absolute atomic E-state index is 0.143. The number of aryl methyl sites for hydroxylation is 1. The number of hydrogen-bond donors (Lipinski definition) is 1. The third kappa shape index (κ3) is 3.29. The molecule has 108 valence electrons. The Kier molecular flexibility index (Phi) is 3.97. The summed E-state index contributed by atoms with van der Waals surface area (Å²) >= 11 is 0. The molecule has 3 rings (SSSR count). The van der Waals surface area contributed by atoms with E-state index in [9.17, 15) is 0 Å². The fourth-order valence-electron chi connectivity index (χ4n) is 1.85. The maximum atomic E-state index is 8.79. The summed E-state index contributed by atoms with van der Waals surface area (Å²) in [5, 5.41) is 20.7. The molecule has 1 N–H and O–H groups in total. The van der Waals surface area contributed by atoms with E-state index in [1.807, 2.05) is 18.2 Å². The summed E-state index contributed by atoms with van der Waals surface area (Å²) in [7, 11) is 0. The average molecular weight is 286 g/mol. The second kappa shape index (κ2) is 6.23. The fourth-order valence-corrected chi connectivity index (χ4v) is 1.85. The van der Waals surface area contributed by atoms with Gasteiger partial charge < -0.3 is 9.63 Å². The van der Waals surface area contributed by atoms with Crippen LogP contribution in [0.4, 0.5) is 0 Å². The van der Waals surface area contributed by atoms with E-state index in [-0.39, 0.29) is 6.61 Å². The highest BCUT2D eigenvalue weighted by atomic mass is 16.5. The van der Waals surface area contributed by atoms with E-state index < -0.39 is 0 Å². The van der Waals surface area contributed by atoms with Crippen LogP contribution >= 0.6 is 0 Å². The van der Waals surface area contributed by atoms with Gasteiger partial charge in [-0.25, -0.2) is 4.68 Å². The van der Waals surface area contributed by atoms with Gasteiger partial charge in [-0.3, -0.25) is 4.98 Å². The lowest BCUT2D eigenvalue weighted by Crippen LogP contribution is -2.00. The molecule has 0 aliphatic carbocycles. The summed E-state index contributed by atoms with van der Waals surface area (Å²) in [5.74, 6) is 0.889. The lowest BCUT2D eigenvalue weighted by atomic mass is 10.3. The summed E-state index contributed by atoms with van der Waals surface area (Å²) < 4.78 is 6.81. The number of aliphatic hydroxyl groups excluding tert-OH is 1. The Bertz CT molecular complexity index is 694. The number of hydrogen-bond acceptors (Lipinski definition) is 7. The van der Waals surface area contributed by atoms with Gasteiger partial charge in [0.25, 0.3) is 0 Å². The third-order valence-electron chi connectivity index (χ3n) is 2.84. The maximum Gasteiger partial charge on any atom is 0.248 e. The molecule has 0 amide bonds. The second-order valence-corrected chi connectivity index (χ2v) is 4.46. The monoisotopic (exact) mass is 286 g/mol. The molecule has 0 unspecified atom stereocenters. The molecule has 0 radical (unpaired) electrons. The maximum absolute atomic E-state index is 8.79. The molecule has 0 aromatic carbocycles. The molecule has 3 aromatic heterocycles. The normalized spacial score (nSPS) is 10.9. The van der Waals surface area contributed by atoms with Gasteiger partial charge in [0.2, 0.25) is 11.7 Å². The first-order chi connectivity index (χ1) is 10.3. The molecular formula is C13H14N6O2. The number of pyridine rings is 1. The Morgan fingerprint density at radius 1 is 1.29 bits per heavy atom. The molecule has 8 nitrogen and oxygen atoms in total. The molecule has 0 spiro atoms. The first-order valence-corrected chi connectivity index (χ1v) is 6.59. The zero-order valence-electron chi connectivity index (χ0n) is 11.3. The predicted molar refractivity (Wildman–Crippen MR) is 72.1 cm³/mol. The van der Waals surface area contributed by atoms with Crippen LogP contribution in [0.15, 0.2) is 35.1 Å². The van der Waals surface area contributed by atoms with Crippen LogP contribution in [-0.2, 0) is 13.0 Å². The van der Waals surface area contributed by atoms with E-state index in [1.165, 1.54) is 0 Å². The van der Waals surface area contributed by atoms with Gasteiger partial charge in [0.1, 0.15) is 12.2 Å². The second-order valence-electron chi connectivity index (χ2n) is 4.46. The van der Waals surface area contributed by atoms with Gasteiger partial charge in [-0.2, -0.15) is 4.98 Å². The van der Waals surface area contributed by atoms with E-state index in [4.69, 9.17) is 9.63 Å². The highest BCUT2D eigenvalue weighted by Gasteiger charge is 2.10. The molecule has 8 heteroatoms. The van der Waals surface area contributed by atoms with Crippen molar-refractivity contribution in [2.24, 2.45) is 0 Å². The Morgan fingerprint density at radius 2 is 2.24 bits per heavy atom. The number of nitrogens with zero attached hydrogens (tertiary/aromatic N) is 6. The first kappa shape index (κ1) is 13.4. The van der Waals surface area contributed by atoms with Gasteiger partial charge >= 0.3 is 0 Å². The molecule has 0 fully saturated rings. The lowest BCUT2D eigenvalue weighted by Gasteiger charge is -1.93. The third-order valence-corrected chi connectivity index (χ3v) is 2.84. The largest absolute Gasteiger partial charge is 0.396 e. The van der Waals surface area contributed by atoms with Crippen molar-refractivity contribution in [1.82, 2.24) is 30.1 Å². The van der Waals surface area contributed by atoms with E-state index in [0.29, 0.717) is 36.8 Å². The summed E-state index contributed by atoms with van der Waals surface area (Å²) in [6.07, 6.45) is 4.85. The zero-order valence-corrected chi connectivity index (χ0v) is 11.3. The van der Waals surface area contributed by atoms with Crippen LogP contribution in [-0.4, -0.2) is 41.8 Å². The molecule has 0 atom stereocenters. The molecule has 0 saturated carbocycles. The van der Waals surface area contributed by atoms with Crippen molar-refractivity contribution >= 4 is 0 Å².